The molecular weight excluding hydrogens is 299 g/mol. The van der Waals surface area contributed by atoms with Crippen molar-refractivity contribution < 1.29 is 27.4 Å². The monoisotopic (exact) mass is 311 g/mol. The number of rotatable bonds is 4. The van der Waals surface area contributed by atoms with Crippen LogP contribution in [0.2, 0.25) is 0 Å². The van der Waals surface area contributed by atoms with Crippen LogP contribution in [0.5, 0.6) is 5.75 Å². The molecule has 1 aromatic rings. The number of esters is 1. The van der Waals surface area contributed by atoms with Crippen LogP contribution in [0.15, 0.2) is 41.9 Å². The summed E-state index contributed by atoms with van der Waals surface area (Å²) < 4.78 is 47.8. The molecule has 0 bridgehead atoms. The Kier molecular flexibility index (Phi) is 6.20. The Morgan fingerprint density at radius 3 is 2.45 bits per heavy atom. The molecular formula is C15H12F3NO3. The lowest BCUT2D eigenvalue weighted by atomic mass is 10.3. The molecule has 0 saturated carbocycles. The van der Waals surface area contributed by atoms with E-state index in [0.29, 0.717) is 5.75 Å². The summed E-state index contributed by atoms with van der Waals surface area (Å²) in [4.78, 5) is 14.5. The maximum atomic E-state index is 12.8. The van der Waals surface area contributed by atoms with Crippen LogP contribution in [-0.2, 0) is 9.53 Å². The molecule has 0 atom stereocenters. The van der Waals surface area contributed by atoms with Crippen molar-refractivity contribution in [2.24, 2.45) is 4.99 Å². The highest BCUT2D eigenvalue weighted by atomic mass is 19.4. The van der Waals surface area contributed by atoms with Gasteiger partial charge in [0.2, 0.25) is 0 Å². The van der Waals surface area contributed by atoms with E-state index in [-0.39, 0.29) is 12.3 Å². The molecule has 0 heterocycles. The molecule has 0 N–H and O–H groups in total. The lowest BCUT2D eigenvalue weighted by Gasteiger charge is -2.05. The first-order chi connectivity index (χ1) is 10.4. The number of alkyl halides is 3. The first-order valence-corrected chi connectivity index (χ1v) is 5.96. The molecule has 22 heavy (non-hydrogen) atoms. The molecule has 0 fully saturated rings. The maximum absolute atomic E-state index is 12.8. The van der Waals surface area contributed by atoms with E-state index in [1.165, 1.54) is 37.5 Å². The number of halogens is 3. The molecule has 0 unspecified atom stereocenters. The van der Waals surface area contributed by atoms with Crippen LogP contribution in [0.25, 0.3) is 0 Å². The van der Waals surface area contributed by atoms with Crippen molar-refractivity contribution in [3.63, 3.8) is 0 Å². The molecule has 7 heteroatoms. The number of ether oxygens (including phenoxy) is 2. The maximum Gasteiger partial charge on any atom is 0.441 e. The minimum Gasteiger partial charge on any atom is -0.497 e. The standard InChI is InChI=1S/C15H12F3NO3/c1-3-10-22-14(20)9-8-13(15(16,17)18)19-11-4-6-12(21-2)7-5-11/h3-7H,1,10H2,2H3/b19-13-. The molecule has 0 saturated heterocycles. The third kappa shape index (κ3) is 5.71. The van der Waals surface area contributed by atoms with E-state index in [1.807, 2.05) is 0 Å². The smallest absolute Gasteiger partial charge is 0.441 e. The summed E-state index contributed by atoms with van der Waals surface area (Å²) in [5.41, 5.74) is -1.37. The molecule has 0 aromatic heterocycles. The van der Waals surface area contributed by atoms with E-state index < -0.39 is 17.9 Å². The van der Waals surface area contributed by atoms with Crippen molar-refractivity contribution in [2.75, 3.05) is 13.7 Å². The lowest BCUT2D eigenvalue weighted by Crippen LogP contribution is -2.21. The van der Waals surface area contributed by atoms with Gasteiger partial charge in [-0.15, -0.1) is 0 Å². The topological polar surface area (TPSA) is 47.9 Å². The van der Waals surface area contributed by atoms with Gasteiger partial charge in [0.05, 0.1) is 12.8 Å². The highest BCUT2D eigenvalue weighted by Crippen LogP contribution is 2.23. The summed E-state index contributed by atoms with van der Waals surface area (Å²) in [5, 5.41) is 0. The van der Waals surface area contributed by atoms with Crippen molar-refractivity contribution in [3.8, 4) is 17.6 Å². The number of methoxy groups -OCH3 is 1. The average Bonchev–Trinajstić information content (AvgIpc) is 2.48. The van der Waals surface area contributed by atoms with Gasteiger partial charge in [-0.25, -0.2) is 9.79 Å². The zero-order valence-corrected chi connectivity index (χ0v) is 11.6. The van der Waals surface area contributed by atoms with Gasteiger partial charge in [0.1, 0.15) is 12.4 Å². The van der Waals surface area contributed by atoms with Crippen LogP contribution in [0, 0.1) is 11.8 Å². The van der Waals surface area contributed by atoms with Crippen molar-refractivity contribution in [3.05, 3.63) is 36.9 Å². The zero-order chi connectivity index (χ0) is 16.6. The van der Waals surface area contributed by atoms with Crippen LogP contribution in [0.1, 0.15) is 0 Å². The van der Waals surface area contributed by atoms with Crippen LogP contribution < -0.4 is 4.74 Å². The second-order valence-corrected chi connectivity index (χ2v) is 3.79. The van der Waals surface area contributed by atoms with Crippen molar-refractivity contribution in [1.82, 2.24) is 0 Å². The van der Waals surface area contributed by atoms with E-state index in [0.717, 1.165) is 0 Å². The van der Waals surface area contributed by atoms with Gasteiger partial charge in [-0.3, -0.25) is 0 Å². The van der Waals surface area contributed by atoms with Crippen LogP contribution in [0.4, 0.5) is 18.9 Å². The van der Waals surface area contributed by atoms with Crippen molar-refractivity contribution in [2.45, 2.75) is 6.18 Å². The van der Waals surface area contributed by atoms with E-state index in [4.69, 9.17) is 4.74 Å². The molecule has 116 valence electrons. The number of carbonyl (C=O) groups excluding carboxylic acids is 1. The van der Waals surface area contributed by atoms with E-state index in [2.05, 4.69) is 16.3 Å². The summed E-state index contributed by atoms with van der Waals surface area (Å²) in [6.07, 6.45) is -3.51. The fourth-order valence-electron chi connectivity index (χ4n) is 1.23. The number of aliphatic imine (C=N–C) groups is 1. The number of hydrogen-bond acceptors (Lipinski definition) is 4. The number of carbonyl (C=O) groups is 1. The Balaban J connectivity index is 3.02. The summed E-state index contributed by atoms with van der Waals surface area (Å²) in [7, 11) is 1.43. The predicted octanol–water partition coefficient (Wildman–Crippen LogP) is 3.06. The lowest BCUT2D eigenvalue weighted by molar-refractivity contribution is -0.135. The Morgan fingerprint density at radius 1 is 1.32 bits per heavy atom. The largest absolute Gasteiger partial charge is 0.497 e. The molecule has 0 amide bonds. The molecule has 0 radical (unpaired) electrons. The Hall–Kier alpha value is -2.75. The zero-order valence-electron chi connectivity index (χ0n) is 11.6. The van der Waals surface area contributed by atoms with Crippen LogP contribution in [-0.4, -0.2) is 31.6 Å². The van der Waals surface area contributed by atoms with Gasteiger partial charge in [-0.1, -0.05) is 12.7 Å². The first kappa shape index (κ1) is 17.3. The second-order valence-electron chi connectivity index (χ2n) is 3.79. The summed E-state index contributed by atoms with van der Waals surface area (Å²) >= 11 is 0. The summed E-state index contributed by atoms with van der Waals surface area (Å²) in [6, 6.07) is 5.59. The molecule has 0 aliphatic rings. The molecule has 0 spiro atoms. The highest BCUT2D eigenvalue weighted by Gasteiger charge is 2.35. The molecule has 4 nitrogen and oxygen atoms in total. The van der Waals surface area contributed by atoms with E-state index in [1.54, 1.807) is 11.8 Å². The summed E-state index contributed by atoms with van der Waals surface area (Å²) in [6.45, 7) is 3.16. The van der Waals surface area contributed by atoms with Gasteiger partial charge < -0.3 is 9.47 Å². The number of hydrogen-bond donors (Lipinski definition) is 0. The van der Waals surface area contributed by atoms with Gasteiger partial charge in [-0.05, 0) is 30.2 Å². The average molecular weight is 311 g/mol. The van der Waals surface area contributed by atoms with Gasteiger partial charge in [0, 0.05) is 5.92 Å². The Labute approximate surface area is 125 Å². The van der Waals surface area contributed by atoms with Gasteiger partial charge >= 0.3 is 12.1 Å². The highest BCUT2D eigenvalue weighted by molar-refractivity contribution is 6.09. The van der Waals surface area contributed by atoms with Crippen LogP contribution >= 0.6 is 0 Å². The number of nitrogens with zero attached hydrogens (tertiary/aromatic N) is 1. The van der Waals surface area contributed by atoms with E-state index >= 15 is 0 Å². The third-order valence-electron chi connectivity index (χ3n) is 2.20. The van der Waals surface area contributed by atoms with Crippen LogP contribution in [0.3, 0.4) is 0 Å². The van der Waals surface area contributed by atoms with E-state index in [9.17, 15) is 18.0 Å². The van der Waals surface area contributed by atoms with Crippen molar-refractivity contribution >= 4 is 17.4 Å². The summed E-state index contributed by atoms with van der Waals surface area (Å²) in [5.74, 6) is 2.80. The van der Waals surface area contributed by atoms with Gasteiger partial charge in [0.15, 0.2) is 5.71 Å². The fraction of sp³-hybridized carbons (Fsp3) is 0.200. The molecule has 0 aliphatic carbocycles. The molecule has 1 aromatic carbocycles. The van der Waals surface area contributed by atoms with Gasteiger partial charge in [-0.2, -0.15) is 13.2 Å². The third-order valence-corrected chi connectivity index (χ3v) is 2.20. The normalized spacial score (nSPS) is 11.2. The second kappa shape index (κ2) is 7.88. The Morgan fingerprint density at radius 2 is 1.95 bits per heavy atom. The predicted molar refractivity (Wildman–Crippen MR) is 75.1 cm³/mol. The molecule has 0 aliphatic heterocycles. The SMILES string of the molecule is C=CCOC(=O)C#C/C(=N/c1ccc(OC)cc1)C(F)(F)F. The first-order valence-electron chi connectivity index (χ1n) is 5.96. The minimum atomic E-state index is -4.79. The van der Waals surface area contributed by atoms with Gasteiger partial charge in [0.25, 0.3) is 0 Å². The minimum absolute atomic E-state index is 0.0295. The quantitative estimate of drug-likeness (QED) is 0.282. The fourth-order valence-corrected chi connectivity index (χ4v) is 1.23. The van der Waals surface area contributed by atoms with Crippen molar-refractivity contribution in [1.29, 1.82) is 0 Å². The number of benzene rings is 1. The Bertz CT molecular complexity index is 622. The molecule has 1 rings (SSSR count).